The van der Waals surface area contributed by atoms with Crippen molar-refractivity contribution >= 4 is 5.69 Å². The standard InChI is InChI=1S/C15H18N2O2/c1-18-13-6-7-15(19-2)14(11-13)17-10-8-12-5-3-4-9-16-12/h3-7,9,11,17H,8,10H2,1-2H3. The first-order valence-corrected chi connectivity index (χ1v) is 6.19. The van der Waals surface area contributed by atoms with Crippen LogP contribution in [0, 0.1) is 0 Å². The lowest BCUT2D eigenvalue weighted by atomic mass is 10.2. The first-order valence-electron chi connectivity index (χ1n) is 6.19. The SMILES string of the molecule is COc1ccc(OC)c(NCCc2ccccn2)c1. The van der Waals surface area contributed by atoms with E-state index in [4.69, 9.17) is 9.47 Å². The molecular formula is C15H18N2O2. The lowest BCUT2D eigenvalue weighted by molar-refractivity contribution is 0.404. The molecule has 0 fully saturated rings. The van der Waals surface area contributed by atoms with Gasteiger partial charge in [0.25, 0.3) is 0 Å². The molecule has 0 saturated carbocycles. The molecule has 0 bridgehead atoms. The highest BCUT2D eigenvalue weighted by Gasteiger charge is 2.04. The second kappa shape index (κ2) is 6.64. The molecule has 0 aliphatic rings. The molecule has 0 unspecified atom stereocenters. The van der Waals surface area contributed by atoms with E-state index in [9.17, 15) is 0 Å². The second-order valence-corrected chi connectivity index (χ2v) is 4.06. The highest BCUT2D eigenvalue weighted by molar-refractivity contribution is 5.59. The Balaban J connectivity index is 1.98. The van der Waals surface area contributed by atoms with Crippen LogP contribution in [0.1, 0.15) is 5.69 Å². The van der Waals surface area contributed by atoms with E-state index in [1.54, 1.807) is 14.2 Å². The fourth-order valence-corrected chi connectivity index (χ4v) is 1.82. The number of aromatic nitrogens is 1. The van der Waals surface area contributed by atoms with Crippen LogP contribution in [0.4, 0.5) is 5.69 Å². The predicted octanol–water partition coefficient (Wildman–Crippen LogP) is 2.75. The van der Waals surface area contributed by atoms with Crippen LogP contribution in [0.5, 0.6) is 11.5 Å². The van der Waals surface area contributed by atoms with Gasteiger partial charge in [0, 0.05) is 30.9 Å². The molecule has 2 rings (SSSR count). The van der Waals surface area contributed by atoms with Gasteiger partial charge < -0.3 is 14.8 Å². The average molecular weight is 258 g/mol. The molecule has 1 aromatic carbocycles. The molecule has 1 aromatic heterocycles. The molecule has 19 heavy (non-hydrogen) atoms. The smallest absolute Gasteiger partial charge is 0.142 e. The minimum atomic E-state index is 0.792. The van der Waals surface area contributed by atoms with Gasteiger partial charge in [-0.15, -0.1) is 0 Å². The summed E-state index contributed by atoms with van der Waals surface area (Å²) >= 11 is 0. The molecule has 0 atom stereocenters. The van der Waals surface area contributed by atoms with Crippen molar-refractivity contribution in [2.75, 3.05) is 26.1 Å². The fraction of sp³-hybridized carbons (Fsp3) is 0.267. The van der Waals surface area contributed by atoms with E-state index in [0.717, 1.165) is 35.8 Å². The third-order valence-corrected chi connectivity index (χ3v) is 2.83. The van der Waals surface area contributed by atoms with Crippen LogP contribution in [0.25, 0.3) is 0 Å². The summed E-state index contributed by atoms with van der Waals surface area (Å²) in [4.78, 5) is 4.29. The van der Waals surface area contributed by atoms with E-state index < -0.39 is 0 Å². The van der Waals surface area contributed by atoms with E-state index >= 15 is 0 Å². The van der Waals surface area contributed by atoms with E-state index in [1.807, 2.05) is 42.6 Å². The quantitative estimate of drug-likeness (QED) is 0.865. The van der Waals surface area contributed by atoms with Gasteiger partial charge in [0.05, 0.1) is 19.9 Å². The molecule has 0 amide bonds. The maximum Gasteiger partial charge on any atom is 0.142 e. The van der Waals surface area contributed by atoms with E-state index in [-0.39, 0.29) is 0 Å². The topological polar surface area (TPSA) is 43.4 Å². The number of benzene rings is 1. The highest BCUT2D eigenvalue weighted by atomic mass is 16.5. The maximum absolute atomic E-state index is 5.31. The molecule has 2 aromatic rings. The van der Waals surface area contributed by atoms with Crippen LogP contribution in [0.15, 0.2) is 42.6 Å². The van der Waals surface area contributed by atoms with Crippen LogP contribution < -0.4 is 14.8 Å². The van der Waals surface area contributed by atoms with E-state index in [1.165, 1.54) is 0 Å². The van der Waals surface area contributed by atoms with E-state index in [0.29, 0.717) is 0 Å². The molecule has 0 saturated heterocycles. The molecule has 1 heterocycles. The number of anilines is 1. The van der Waals surface area contributed by atoms with Crippen molar-refractivity contribution in [2.24, 2.45) is 0 Å². The van der Waals surface area contributed by atoms with Gasteiger partial charge in [0.15, 0.2) is 0 Å². The maximum atomic E-state index is 5.31. The Morgan fingerprint density at radius 3 is 2.68 bits per heavy atom. The third-order valence-electron chi connectivity index (χ3n) is 2.83. The third kappa shape index (κ3) is 3.61. The number of pyridine rings is 1. The first-order chi connectivity index (χ1) is 9.33. The summed E-state index contributed by atoms with van der Waals surface area (Å²) in [6, 6.07) is 11.6. The van der Waals surface area contributed by atoms with Gasteiger partial charge in [0.2, 0.25) is 0 Å². The summed E-state index contributed by atoms with van der Waals surface area (Å²) in [5, 5.41) is 3.34. The van der Waals surface area contributed by atoms with Gasteiger partial charge in [-0.2, -0.15) is 0 Å². The average Bonchev–Trinajstić information content (AvgIpc) is 2.48. The number of hydrogen-bond acceptors (Lipinski definition) is 4. The predicted molar refractivity (Wildman–Crippen MR) is 76.0 cm³/mol. The zero-order chi connectivity index (χ0) is 13.5. The van der Waals surface area contributed by atoms with Crippen LogP contribution in [-0.2, 0) is 6.42 Å². The Morgan fingerprint density at radius 1 is 1.11 bits per heavy atom. The molecule has 0 aliphatic heterocycles. The highest BCUT2D eigenvalue weighted by Crippen LogP contribution is 2.28. The van der Waals surface area contributed by atoms with Crippen LogP contribution in [0.2, 0.25) is 0 Å². The number of rotatable bonds is 6. The number of hydrogen-bond donors (Lipinski definition) is 1. The molecular weight excluding hydrogens is 240 g/mol. The molecule has 0 spiro atoms. The second-order valence-electron chi connectivity index (χ2n) is 4.06. The van der Waals surface area contributed by atoms with Crippen LogP contribution in [0.3, 0.4) is 0 Å². The molecule has 100 valence electrons. The van der Waals surface area contributed by atoms with Gasteiger partial charge in [0.1, 0.15) is 11.5 Å². The summed E-state index contributed by atoms with van der Waals surface area (Å²) in [5.41, 5.74) is 2.00. The van der Waals surface area contributed by atoms with E-state index in [2.05, 4.69) is 10.3 Å². The molecule has 0 radical (unpaired) electrons. The van der Waals surface area contributed by atoms with Crippen molar-refractivity contribution in [3.05, 3.63) is 48.3 Å². The van der Waals surface area contributed by atoms with Gasteiger partial charge in [-0.1, -0.05) is 6.07 Å². The van der Waals surface area contributed by atoms with Gasteiger partial charge in [-0.25, -0.2) is 0 Å². The van der Waals surface area contributed by atoms with Crippen molar-refractivity contribution in [3.8, 4) is 11.5 Å². The summed E-state index contributed by atoms with van der Waals surface area (Å²) in [7, 11) is 3.31. The van der Waals surface area contributed by atoms with Crippen LogP contribution >= 0.6 is 0 Å². The number of nitrogens with one attached hydrogen (secondary N) is 1. The summed E-state index contributed by atoms with van der Waals surface area (Å²) < 4.78 is 10.5. The Morgan fingerprint density at radius 2 is 2.00 bits per heavy atom. The van der Waals surface area contributed by atoms with Crippen molar-refractivity contribution in [2.45, 2.75) is 6.42 Å². The first kappa shape index (κ1) is 13.2. The monoisotopic (exact) mass is 258 g/mol. The minimum Gasteiger partial charge on any atom is -0.497 e. The number of nitrogens with zero attached hydrogens (tertiary/aromatic N) is 1. The summed E-state index contributed by atoms with van der Waals surface area (Å²) in [6.45, 7) is 0.792. The zero-order valence-corrected chi connectivity index (χ0v) is 11.2. The summed E-state index contributed by atoms with van der Waals surface area (Å²) in [6.07, 6.45) is 2.67. The normalized spacial score (nSPS) is 10.0. The summed E-state index contributed by atoms with van der Waals surface area (Å²) in [5.74, 6) is 1.61. The molecule has 0 aliphatic carbocycles. The Labute approximate surface area is 113 Å². The van der Waals surface area contributed by atoms with Gasteiger partial charge in [-0.3, -0.25) is 4.98 Å². The number of methoxy groups -OCH3 is 2. The molecule has 4 heteroatoms. The van der Waals surface area contributed by atoms with Crippen molar-refractivity contribution in [1.29, 1.82) is 0 Å². The van der Waals surface area contributed by atoms with Crippen molar-refractivity contribution in [1.82, 2.24) is 4.98 Å². The van der Waals surface area contributed by atoms with Crippen LogP contribution in [-0.4, -0.2) is 25.7 Å². The van der Waals surface area contributed by atoms with Gasteiger partial charge in [-0.05, 0) is 24.3 Å². The molecule has 1 N–H and O–H groups in total. The Hall–Kier alpha value is -2.23. The lowest BCUT2D eigenvalue weighted by Gasteiger charge is -2.12. The minimum absolute atomic E-state index is 0.792. The molecule has 4 nitrogen and oxygen atoms in total. The fourth-order valence-electron chi connectivity index (χ4n) is 1.82. The largest absolute Gasteiger partial charge is 0.497 e. The number of ether oxygens (including phenoxy) is 2. The lowest BCUT2D eigenvalue weighted by Crippen LogP contribution is -2.07. The Kier molecular flexibility index (Phi) is 4.61. The Bertz CT molecular complexity index is 515. The van der Waals surface area contributed by atoms with Gasteiger partial charge >= 0.3 is 0 Å². The zero-order valence-electron chi connectivity index (χ0n) is 11.2. The van der Waals surface area contributed by atoms with Crippen molar-refractivity contribution in [3.63, 3.8) is 0 Å². The van der Waals surface area contributed by atoms with Crippen molar-refractivity contribution < 1.29 is 9.47 Å².